The number of nitrogens with one attached hydrogen (secondary N) is 1. The van der Waals surface area contributed by atoms with Crippen molar-refractivity contribution < 1.29 is 0 Å². The number of nitrogens with zero attached hydrogens (tertiary/aromatic N) is 2. The van der Waals surface area contributed by atoms with Crippen LogP contribution in [0.3, 0.4) is 0 Å². The van der Waals surface area contributed by atoms with Gasteiger partial charge in [-0.15, -0.1) is 11.3 Å². The molecule has 0 amide bonds. The summed E-state index contributed by atoms with van der Waals surface area (Å²) in [6.45, 7) is 4.63. The first-order chi connectivity index (χ1) is 7.25. The van der Waals surface area contributed by atoms with Crippen molar-refractivity contribution in [2.24, 2.45) is 0 Å². The van der Waals surface area contributed by atoms with Crippen LogP contribution in [0, 0.1) is 0 Å². The SMILES string of the molecule is C[C@@H](NC1CCN(C)CC1)c1nccs1. The van der Waals surface area contributed by atoms with E-state index in [1.165, 1.54) is 30.9 Å². The molecule has 4 heteroatoms. The molecule has 0 aliphatic carbocycles. The highest BCUT2D eigenvalue weighted by atomic mass is 32.1. The fourth-order valence-electron chi connectivity index (χ4n) is 2.05. The zero-order valence-corrected chi connectivity index (χ0v) is 10.3. The molecule has 0 aromatic carbocycles. The molecule has 0 bridgehead atoms. The van der Waals surface area contributed by atoms with Crippen molar-refractivity contribution in [3.8, 4) is 0 Å². The molecule has 0 unspecified atom stereocenters. The van der Waals surface area contributed by atoms with Gasteiger partial charge >= 0.3 is 0 Å². The monoisotopic (exact) mass is 225 g/mol. The van der Waals surface area contributed by atoms with Gasteiger partial charge in [0.25, 0.3) is 0 Å². The lowest BCUT2D eigenvalue weighted by Gasteiger charge is -2.31. The normalized spacial score (nSPS) is 21.7. The predicted molar refractivity (Wildman–Crippen MR) is 64.2 cm³/mol. The van der Waals surface area contributed by atoms with Crippen molar-refractivity contribution >= 4 is 11.3 Å². The molecule has 3 nitrogen and oxygen atoms in total. The molecule has 1 aliphatic rings. The maximum atomic E-state index is 4.34. The van der Waals surface area contributed by atoms with E-state index in [1.54, 1.807) is 11.3 Å². The van der Waals surface area contributed by atoms with E-state index in [9.17, 15) is 0 Å². The maximum Gasteiger partial charge on any atom is 0.109 e. The number of hydrogen-bond acceptors (Lipinski definition) is 4. The maximum absolute atomic E-state index is 4.34. The van der Waals surface area contributed by atoms with Crippen molar-refractivity contribution in [1.29, 1.82) is 0 Å². The Labute approximate surface area is 95.5 Å². The number of aromatic nitrogens is 1. The summed E-state index contributed by atoms with van der Waals surface area (Å²) in [5.41, 5.74) is 0. The third kappa shape index (κ3) is 3.00. The third-order valence-corrected chi connectivity index (χ3v) is 3.98. The molecule has 1 N–H and O–H groups in total. The second kappa shape index (κ2) is 5.05. The molecule has 84 valence electrons. The van der Waals surface area contributed by atoms with E-state index >= 15 is 0 Å². The Morgan fingerprint density at radius 2 is 2.27 bits per heavy atom. The summed E-state index contributed by atoms with van der Waals surface area (Å²) in [7, 11) is 2.19. The summed E-state index contributed by atoms with van der Waals surface area (Å²) < 4.78 is 0. The summed E-state index contributed by atoms with van der Waals surface area (Å²) >= 11 is 1.74. The van der Waals surface area contributed by atoms with Gasteiger partial charge in [0.1, 0.15) is 5.01 Å². The minimum absolute atomic E-state index is 0.401. The summed E-state index contributed by atoms with van der Waals surface area (Å²) in [6, 6.07) is 1.07. The van der Waals surface area contributed by atoms with Crippen LogP contribution in [0.25, 0.3) is 0 Å². The van der Waals surface area contributed by atoms with E-state index in [-0.39, 0.29) is 0 Å². The molecule has 1 atom stereocenters. The van der Waals surface area contributed by atoms with Gasteiger partial charge < -0.3 is 10.2 Å². The van der Waals surface area contributed by atoms with Crippen LogP contribution in [0.5, 0.6) is 0 Å². The Balaban J connectivity index is 1.82. The first-order valence-electron chi connectivity index (χ1n) is 5.59. The molecule has 2 heterocycles. The average Bonchev–Trinajstić information content (AvgIpc) is 2.74. The van der Waals surface area contributed by atoms with Gasteiger partial charge in [-0.3, -0.25) is 0 Å². The Morgan fingerprint density at radius 3 is 2.87 bits per heavy atom. The Kier molecular flexibility index (Phi) is 3.72. The van der Waals surface area contributed by atoms with Gasteiger partial charge in [0.2, 0.25) is 0 Å². The van der Waals surface area contributed by atoms with Gasteiger partial charge in [0.15, 0.2) is 0 Å². The van der Waals surface area contributed by atoms with Crippen molar-refractivity contribution in [3.63, 3.8) is 0 Å². The van der Waals surface area contributed by atoms with Crippen LogP contribution in [0.2, 0.25) is 0 Å². The molecule has 1 aromatic rings. The van der Waals surface area contributed by atoms with Crippen LogP contribution in [0.4, 0.5) is 0 Å². The van der Waals surface area contributed by atoms with Crippen LogP contribution in [-0.4, -0.2) is 36.1 Å². The van der Waals surface area contributed by atoms with Gasteiger partial charge in [-0.05, 0) is 39.9 Å². The van der Waals surface area contributed by atoms with Crippen LogP contribution < -0.4 is 5.32 Å². The van der Waals surface area contributed by atoms with E-state index in [2.05, 4.69) is 29.2 Å². The van der Waals surface area contributed by atoms with Gasteiger partial charge in [0, 0.05) is 17.6 Å². The fourth-order valence-corrected chi connectivity index (χ4v) is 2.70. The Bertz CT molecular complexity index is 278. The first-order valence-corrected chi connectivity index (χ1v) is 6.47. The fraction of sp³-hybridized carbons (Fsp3) is 0.727. The molecule has 15 heavy (non-hydrogen) atoms. The highest BCUT2D eigenvalue weighted by Gasteiger charge is 2.19. The van der Waals surface area contributed by atoms with Crippen LogP contribution in [-0.2, 0) is 0 Å². The summed E-state index contributed by atoms with van der Waals surface area (Å²) in [5.74, 6) is 0. The highest BCUT2D eigenvalue weighted by Crippen LogP contribution is 2.18. The smallest absolute Gasteiger partial charge is 0.109 e. The van der Waals surface area contributed by atoms with Crippen LogP contribution in [0.15, 0.2) is 11.6 Å². The van der Waals surface area contributed by atoms with Crippen LogP contribution >= 0.6 is 11.3 Å². The summed E-state index contributed by atoms with van der Waals surface area (Å²) in [6.07, 6.45) is 4.39. The molecular formula is C11H19N3S. The van der Waals surface area contributed by atoms with Gasteiger partial charge in [-0.2, -0.15) is 0 Å². The molecule has 0 saturated carbocycles. The van der Waals surface area contributed by atoms with Gasteiger partial charge in [-0.1, -0.05) is 0 Å². The topological polar surface area (TPSA) is 28.2 Å². The molecule has 2 rings (SSSR count). The lowest BCUT2D eigenvalue weighted by atomic mass is 10.0. The first kappa shape index (κ1) is 11.0. The van der Waals surface area contributed by atoms with Crippen molar-refractivity contribution in [1.82, 2.24) is 15.2 Å². The number of likely N-dealkylation sites (tertiary alicyclic amines) is 1. The molecule has 0 spiro atoms. The molecule has 1 fully saturated rings. The number of piperidine rings is 1. The van der Waals surface area contributed by atoms with E-state index in [0.717, 1.165) is 0 Å². The second-order valence-corrected chi connectivity index (χ2v) is 5.26. The standard InChI is InChI=1S/C11H19N3S/c1-9(11-12-5-8-15-11)13-10-3-6-14(2)7-4-10/h5,8-10,13H,3-4,6-7H2,1-2H3/t9-/m1/s1. The molecule has 1 aromatic heterocycles. The minimum Gasteiger partial charge on any atom is -0.306 e. The molecule has 1 saturated heterocycles. The molecular weight excluding hydrogens is 206 g/mol. The van der Waals surface area contributed by atoms with E-state index in [0.29, 0.717) is 12.1 Å². The van der Waals surface area contributed by atoms with E-state index in [4.69, 9.17) is 0 Å². The lowest BCUT2D eigenvalue weighted by Crippen LogP contribution is -2.41. The van der Waals surface area contributed by atoms with Gasteiger partial charge in [0.05, 0.1) is 6.04 Å². The second-order valence-electron chi connectivity index (χ2n) is 4.34. The number of hydrogen-bond donors (Lipinski definition) is 1. The van der Waals surface area contributed by atoms with Gasteiger partial charge in [-0.25, -0.2) is 4.98 Å². The van der Waals surface area contributed by atoms with E-state index in [1.807, 2.05) is 11.6 Å². The average molecular weight is 225 g/mol. The Morgan fingerprint density at radius 1 is 1.53 bits per heavy atom. The van der Waals surface area contributed by atoms with Crippen LogP contribution in [0.1, 0.15) is 30.8 Å². The zero-order valence-electron chi connectivity index (χ0n) is 9.44. The van der Waals surface area contributed by atoms with E-state index < -0.39 is 0 Å². The number of thiazole rings is 1. The van der Waals surface area contributed by atoms with Crippen molar-refractivity contribution in [2.45, 2.75) is 31.8 Å². The third-order valence-electron chi connectivity index (χ3n) is 3.03. The molecule has 1 aliphatic heterocycles. The Hall–Kier alpha value is -0.450. The lowest BCUT2D eigenvalue weighted by molar-refractivity contribution is 0.226. The minimum atomic E-state index is 0.401. The largest absolute Gasteiger partial charge is 0.306 e. The van der Waals surface area contributed by atoms with Crippen molar-refractivity contribution in [2.75, 3.05) is 20.1 Å². The summed E-state index contributed by atoms with van der Waals surface area (Å²) in [5, 5.41) is 6.91. The van der Waals surface area contributed by atoms with Crippen molar-refractivity contribution in [3.05, 3.63) is 16.6 Å². The quantitative estimate of drug-likeness (QED) is 0.851. The zero-order chi connectivity index (χ0) is 10.7. The highest BCUT2D eigenvalue weighted by molar-refractivity contribution is 7.09. The predicted octanol–water partition coefficient (Wildman–Crippen LogP) is 1.89. The molecule has 0 radical (unpaired) electrons. The number of rotatable bonds is 3. The summed E-state index contributed by atoms with van der Waals surface area (Å²) in [4.78, 5) is 6.74.